The molecule has 4 rings (SSSR count). The number of rotatable bonds is 6. The molecule has 8 heteroatoms. The van der Waals surface area contributed by atoms with E-state index in [1.165, 1.54) is 0 Å². The van der Waals surface area contributed by atoms with E-state index >= 15 is 0 Å². The number of hydrogen-bond acceptors (Lipinski definition) is 6. The summed E-state index contributed by atoms with van der Waals surface area (Å²) in [6, 6.07) is 3.57. The lowest BCUT2D eigenvalue weighted by Crippen LogP contribution is -2.36. The highest BCUT2D eigenvalue weighted by molar-refractivity contribution is 6.07. The van der Waals surface area contributed by atoms with Gasteiger partial charge in [-0.2, -0.15) is 0 Å². The fourth-order valence-electron chi connectivity index (χ4n) is 3.39. The third kappa shape index (κ3) is 2.77. The monoisotopic (exact) mass is 355 g/mol. The Morgan fingerprint density at radius 2 is 2.27 bits per heavy atom. The van der Waals surface area contributed by atoms with Gasteiger partial charge in [0, 0.05) is 18.0 Å². The molecule has 0 aliphatic carbocycles. The molecule has 1 atom stereocenters. The van der Waals surface area contributed by atoms with Crippen LogP contribution in [0.3, 0.4) is 0 Å². The molecule has 1 unspecified atom stereocenters. The van der Waals surface area contributed by atoms with Gasteiger partial charge in [-0.3, -0.25) is 10.1 Å². The average Bonchev–Trinajstić information content (AvgIpc) is 3.26. The molecule has 136 valence electrons. The van der Waals surface area contributed by atoms with Crippen LogP contribution in [0, 0.1) is 0 Å². The molecule has 26 heavy (non-hydrogen) atoms. The van der Waals surface area contributed by atoms with E-state index in [1.807, 2.05) is 34.7 Å². The number of carbonyl (C=O) groups is 1. The molecule has 3 heterocycles. The van der Waals surface area contributed by atoms with E-state index in [-0.39, 0.29) is 11.9 Å². The highest BCUT2D eigenvalue weighted by Crippen LogP contribution is 2.41. The van der Waals surface area contributed by atoms with Crippen molar-refractivity contribution in [3.05, 3.63) is 36.4 Å². The highest BCUT2D eigenvalue weighted by atomic mass is 16.5. The van der Waals surface area contributed by atoms with Crippen LogP contribution in [0.5, 0.6) is 11.5 Å². The second-order valence-electron chi connectivity index (χ2n) is 6.22. The average molecular weight is 355 g/mol. The van der Waals surface area contributed by atoms with Crippen LogP contribution in [0.4, 0.5) is 5.69 Å². The summed E-state index contributed by atoms with van der Waals surface area (Å²) < 4.78 is 13.5. The van der Waals surface area contributed by atoms with Gasteiger partial charge in [0.25, 0.3) is 0 Å². The van der Waals surface area contributed by atoms with Crippen molar-refractivity contribution in [2.45, 2.75) is 32.5 Å². The number of guanidine groups is 1. The number of aromatic nitrogens is 2. The Morgan fingerprint density at radius 3 is 3.00 bits per heavy atom. The molecule has 0 saturated carbocycles. The topological polar surface area (TPSA) is 81.0 Å². The Hall–Kier alpha value is -3.03. The van der Waals surface area contributed by atoms with E-state index in [2.05, 4.69) is 15.3 Å². The molecule has 1 N–H and O–H groups in total. The van der Waals surface area contributed by atoms with Crippen molar-refractivity contribution in [2.75, 3.05) is 13.7 Å². The van der Waals surface area contributed by atoms with Gasteiger partial charge in [0.15, 0.2) is 11.5 Å². The molecule has 1 saturated heterocycles. The van der Waals surface area contributed by atoms with E-state index < -0.39 is 0 Å². The molecular weight excluding hydrogens is 334 g/mol. The first-order valence-corrected chi connectivity index (χ1v) is 8.66. The lowest BCUT2D eigenvalue weighted by molar-refractivity contribution is -0.121. The van der Waals surface area contributed by atoms with Crippen molar-refractivity contribution in [3.8, 4) is 11.5 Å². The first-order valence-electron chi connectivity index (χ1n) is 8.66. The molecule has 0 spiro atoms. The maximum Gasteiger partial charge on any atom is 0.249 e. The summed E-state index contributed by atoms with van der Waals surface area (Å²) in [5.74, 6) is 1.96. The van der Waals surface area contributed by atoms with E-state index in [0.717, 1.165) is 17.7 Å². The number of aliphatic imine (C=N–C) groups is 1. The molecule has 1 amide bonds. The van der Waals surface area contributed by atoms with Gasteiger partial charge in [0.2, 0.25) is 11.9 Å². The maximum absolute atomic E-state index is 12.1. The largest absolute Gasteiger partial charge is 0.492 e. The summed E-state index contributed by atoms with van der Waals surface area (Å²) in [5, 5.41) is 2.86. The van der Waals surface area contributed by atoms with Gasteiger partial charge in [-0.1, -0.05) is 6.92 Å². The first kappa shape index (κ1) is 16.4. The zero-order valence-corrected chi connectivity index (χ0v) is 14.8. The minimum absolute atomic E-state index is 0.00479. The van der Waals surface area contributed by atoms with Crippen LogP contribution >= 0.6 is 0 Å². The van der Waals surface area contributed by atoms with Gasteiger partial charge in [-0.25, -0.2) is 9.98 Å². The van der Waals surface area contributed by atoms with E-state index in [0.29, 0.717) is 37.2 Å². The predicted octanol–water partition coefficient (Wildman–Crippen LogP) is 1.68. The Kier molecular flexibility index (Phi) is 4.24. The van der Waals surface area contributed by atoms with E-state index in [1.54, 1.807) is 19.6 Å². The number of fused-ring (bicyclic) bond motifs is 2. The number of methoxy groups -OCH3 is 1. The summed E-state index contributed by atoms with van der Waals surface area (Å²) in [6.45, 7) is 3.76. The van der Waals surface area contributed by atoms with Crippen LogP contribution in [-0.2, 0) is 17.9 Å². The number of nitrogens with zero attached hydrogens (tertiary/aromatic N) is 4. The fraction of sp³-hybridized carbons (Fsp3) is 0.389. The van der Waals surface area contributed by atoms with Crippen LogP contribution in [0.25, 0.3) is 0 Å². The van der Waals surface area contributed by atoms with Crippen LogP contribution in [0.15, 0.2) is 35.8 Å². The molecule has 1 aromatic heterocycles. The van der Waals surface area contributed by atoms with E-state index in [9.17, 15) is 4.79 Å². The molecule has 2 aliphatic rings. The van der Waals surface area contributed by atoms with Crippen molar-refractivity contribution in [1.29, 1.82) is 0 Å². The fourth-order valence-corrected chi connectivity index (χ4v) is 3.39. The molecule has 1 aromatic carbocycles. The molecule has 0 radical (unpaired) electrons. The summed E-state index contributed by atoms with van der Waals surface area (Å²) in [6.07, 6.45) is 6.12. The quantitative estimate of drug-likeness (QED) is 0.853. The van der Waals surface area contributed by atoms with Gasteiger partial charge < -0.3 is 18.9 Å². The summed E-state index contributed by atoms with van der Waals surface area (Å²) in [4.78, 5) is 22.7. The Bertz CT molecular complexity index is 847. The predicted molar refractivity (Wildman–Crippen MR) is 95.6 cm³/mol. The number of hydrogen-bond donors (Lipinski definition) is 1. The summed E-state index contributed by atoms with van der Waals surface area (Å²) in [5.41, 5.74) is 1.73. The smallest absolute Gasteiger partial charge is 0.249 e. The van der Waals surface area contributed by atoms with Crippen LogP contribution in [0.1, 0.15) is 18.9 Å². The normalized spacial score (nSPS) is 18.1. The van der Waals surface area contributed by atoms with Gasteiger partial charge in [0.05, 0.1) is 32.2 Å². The Labute approximate surface area is 151 Å². The Balaban J connectivity index is 1.57. The second-order valence-corrected chi connectivity index (χ2v) is 6.22. The van der Waals surface area contributed by atoms with Crippen molar-refractivity contribution in [3.63, 3.8) is 0 Å². The van der Waals surface area contributed by atoms with Crippen molar-refractivity contribution < 1.29 is 14.3 Å². The van der Waals surface area contributed by atoms with Crippen molar-refractivity contribution >= 4 is 17.6 Å². The zero-order chi connectivity index (χ0) is 18.1. The minimum Gasteiger partial charge on any atom is -0.492 e. The van der Waals surface area contributed by atoms with Crippen LogP contribution in [0.2, 0.25) is 0 Å². The zero-order valence-electron chi connectivity index (χ0n) is 14.8. The second kappa shape index (κ2) is 6.70. The van der Waals surface area contributed by atoms with Crippen molar-refractivity contribution in [2.24, 2.45) is 4.99 Å². The SMILES string of the molecule is CCC1C(=O)NC2=Nc3ccc(OCCn4ccnc4)c(OC)c3CN21. The third-order valence-electron chi connectivity index (χ3n) is 4.70. The van der Waals surface area contributed by atoms with Crippen LogP contribution in [-0.4, -0.2) is 46.1 Å². The molecule has 0 bridgehead atoms. The maximum atomic E-state index is 12.1. The van der Waals surface area contributed by atoms with Gasteiger partial charge in [-0.05, 0) is 18.6 Å². The number of imidazole rings is 1. The van der Waals surface area contributed by atoms with Gasteiger partial charge in [0.1, 0.15) is 12.6 Å². The summed E-state index contributed by atoms with van der Waals surface area (Å²) >= 11 is 0. The minimum atomic E-state index is -0.197. The number of nitrogens with one attached hydrogen (secondary N) is 1. The van der Waals surface area contributed by atoms with E-state index in [4.69, 9.17) is 9.47 Å². The highest BCUT2D eigenvalue weighted by Gasteiger charge is 2.39. The number of amides is 1. The molecule has 1 fully saturated rings. The lowest BCUT2D eigenvalue weighted by Gasteiger charge is -2.28. The molecule has 2 aliphatic heterocycles. The van der Waals surface area contributed by atoms with Gasteiger partial charge >= 0.3 is 0 Å². The lowest BCUT2D eigenvalue weighted by atomic mass is 10.1. The molecule has 8 nitrogen and oxygen atoms in total. The standard InChI is InChI=1S/C18H21N5O3/c1-3-14-17(24)21-18-20-13-4-5-15(16(25-2)12(13)10-23(14)18)26-9-8-22-7-6-19-11-22/h4-7,11,14H,3,8-10H2,1-2H3,(H,20,21,24). The molecular formula is C18H21N5O3. The number of carbonyl (C=O) groups excluding carboxylic acids is 1. The van der Waals surface area contributed by atoms with Crippen LogP contribution < -0.4 is 14.8 Å². The third-order valence-corrected chi connectivity index (χ3v) is 4.70. The molecule has 2 aromatic rings. The number of ether oxygens (including phenoxy) is 2. The summed E-state index contributed by atoms with van der Waals surface area (Å²) in [7, 11) is 1.63. The van der Waals surface area contributed by atoms with Gasteiger partial charge in [-0.15, -0.1) is 0 Å². The Morgan fingerprint density at radius 1 is 1.38 bits per heavy atom. The number of benzene rings is 1. The first-order chi connectivity index (χ1) is 12.7. The van der Waals surface area contributed by atoms with Crippen molar-refractivity contribution in [1.82, 2.24) is 19.8 Å².